The highest BCUT2D eigenvalue weighted by Crippen LogP contribution is 2.37. The molecule has 7 nitrogen and oxygen atoms in total. The molecule has 1 unspecified atom stereocenters. The van der Waals surface area contributed by atoms with Crippen LogP contribution in [0.4, 0.5) is 0 Å². The number of carbonyl (C=O) groups is 1. The van der Waals surface area contributed by atoms with E-state index in [2.05, 4.69) is 0 Å². The van der Waals surface area contributed by atoms with Gasteiger partial charge in [0.05, 0.1) is 34.9 Å². The molecule has 0 aromatic carbocycles. The number of aryl methyl sites for hydroxylation is 2. The number of thiophene rings is 1. The zero-order chi connectivity index (χ0) is 20.8. The van der Waals surface area contributed by atoms with Gasteiger partial charge in [-0.25, -0.2) is 18.1 Å². The number of aromatic nitrogens is 3. The highest BCUT2D eigenvalue weighted by Gasteiger charge is 2.32. The van der Waals surface area contributed by atoms with Crippen molar-refractivity contribution in [1.82, 2.24) is 14.8 Å². The van der Waals surface area contributed by atoms with Gasteiger partial charge in [0.1, 0.15) is 5.69 Å². The van der Waals surface area contributed by atoms with Gasteiger partial charge in [0.2, 0.25) is 0 Å². The molecule has 0 radical (unpaired) electrons. The van der Waals surface area contributed by atoms with Crippen molar-refractivity contribution in [3.05, 3.63) is 34.3 Å². The van der Waals surface area contributed by atoms with Crippen LogP contribution in [0.1, 0.15) is 35.7 Å². The zero-order valence-electron chi connectivity index (χ0n) is 16.6. The summed E-state index contributed by atoms with van der Waals surface area (Å²) in [5.74, 6) is 0.0225. The molecule has 0 aliphatic carbocycles. The quantitative estimate of drug-likeness (QED) is 0.574. The first kappa shape index (κ1) is 20.0. The Balaban J connectivity index is 1.89. The van der Waals surface area contributed by atoms with E-state index in [0.717, 1.165) is 32.8 Å². The number of carbonyl (C=O) groups excluding carboxylic acids is 1. The first-order valence-electron chi connectivity index (χ1n) is 9.50. The maximum absolute atomic E-state index is 12.0. The Morgan fingerprint density at radius 2 is 2.17 bits per heavy atom. The molecule has 1 fully saturated rings. The Hall–Kier alpha value is -2.26. The first-order valence-corrected chi connectivity index (χ1v) is 12.2. The van der Waals surface area contributed by atoms with Crippen LogP contribution in [0.15, 0.2) is 17.5 Å². The van der Waals surface area contributed by atoms with Gasteiger partial charge in [0, 0.05) is 12.1 Å². The number of ether oxygens (including phenoxy) is 1. The van der Waals surface area contributed by atoms with E-state index in [9.17, 15) is 13.2 Å². The van der Waals surface area contributed by atoms with Crippen molar-refractivity contribution in [3.8, 4) is 10.6 Å². The topological polar surface area (TPSA) is 91.2 Å². The lowest BCUT2D eigenvalue weighted by Gasteiger charge is -2.13. The molecule has 0 bridgehead atoms. The molecule has 0 N–H and O–H groups in total. The van der Waals surface area contributed by atoms with Crippen LogP contribution in [-0.4, -0.2) is 47.8 Å². The second kappa shape index (κ2) is 7.53. The normalized spacial score (nSPS) is 18.4. The van der Waals surface area contributed by atoms with Crippen molar-refractivity contribution in [1.29, 1.82) is 0 Å². The lowest BCUT2D eigenvalue weighted by molar-refractivity contribution is -0.140. The minimum atomic E-state index is -3.04. The molecule has 0 amide bonds. The summed E-state index contributed by atoms with van der Waals surface area (Å²) in [6, 6.07) is 3.78. The van der Waals surface area contributed by atoms with Crippen molar-refractivity contribution >= 4 is 38.2 Å². The van der Waals surface area contributed by atoms with E-state index in [-0.39, 0.29) is 29.9 Å². The number of rotatable bonds is 5. The molecule has 1 saturated heterocycles. The highest BCUT2D eigenvalue weighted by molar-refractivity contribution is 7.91. The number of hydrogen-bond donors (Lipinski definition) is 0. The average Bonchev–Trinajstić information content (AvgIpc) is 3.39. The van der Waals surface area contributed by atoms with Gasteiger partial charge in [-0.2, -0.15) is 5.10 Å². The fourth-order valence-corrected chi connectivity index (χ4v) is 6.44. The maximum Gasteiger partial charge on any atom is 0.305 e. The number of esters is 1. The summed E-state index contributed by atoms with van der Waals surface area (Å²) in [4.78, 5) is 17.5. The van der Waals surface area contributed by atoms with Crippen LogP contribution in [0.5, 0.6) is 0 Å². The van der Waals surface area contributed by atoms with E-state index in [0.29, 0.717) is 18.5 Å². The molecule has 0 saturated carbocycles. The summed E-state index contributed by atoms with van der Waals surface area (Å²) < 4.78 is 30.7. The molecule has 3 aromatic heterocycles. The number of methoxy groups -OCH3 is 1. The lowest BCUT2D eigenvalue weighted by atomic mass is 9.99. The predicted octanol–water partition coefficient (Wildman–Crippen LogP) is 3.24. The molecule has 4 rings (SSSR count). The van der Waals surface area contributed by atoms with Crippen molar-refractivity contribution < 1.29 is 17.9 Å². The van der Waals surface area contributed by atoms with Gasteiger partial charge in [-0.1, -0.05) is 6.07 Å². The second-order valence-electron chi connectivity index (χ2n) is 7.40. The van der Waals surface area contributed by atoms with E-state index in [1.54, 1.807) is 16.0 Å². The third-order valence-corrected chi connectivity index (χ3v) is 8.17. The molecule has 29 heavy (non-hydrogen) atoms. The SMILES string of the molecule is COC(=O)CCc1c(C)nc2c(c(-c3cccs3)nn2C2CCS(=O)(=O)C2)c1C. The summed E-state index contributed by atoms with van der Waals surface area (Å²) in [7, 11) is -1.66. The van der Waals surface area contributed by atoms with Crippen molar-refractivity contribution in [2.24, 2.45) is 0 Å². The summed E-state index contributed by atoms with van der Waals surface area (Å²) in [6.45, 7) is 3.95. The third kappa shape index (κ3) is 3.69. The fraction of sp³-hybridized carbons (Fsp3) is 0.450. The van der Waals surface area contributed by atoms with Crippen LogP contribution in [-0.2, 0) is 25.8 Å². The van der Waals surface area contributed by atoms with Crippen molar-refractivity contribution in [3.63, 3.8) is 0 Å². The van der Waals surface area contributed by atoms with Gasteiger partial charge >= 0.3 is 5.97 Å². The average molecular weight is 434 g/mol. The van der Waals surface area contributed by atoms with E-state index in [1.807, 2.05) is 31.4 Å². The molecule has 9 heteroatoms. The Morgan fingerprint density at radius 1 is 1.38 bits per heavy atom. The molecular weight excluding hydrogens is 410 g/mol. The predicted molar refractivity (Wildman–Crippen MR) is 113 cm³/mol. The van der Waals surface area contributed by atoms with Gasteiger partial charge in [-0.3, -0.25) is 4.79 Å². The maximum atomic E-state index is 12.0. The molecule has 1 atom stereocenters. The molecule has 3 aromatic rings. The summed E-state index contributed by atoms with van der Waals surface area (Å²) >= 11 is 1.59. The molecule has 1 aliphatic rings. The Kier molecular flexibility index (Phi) is 5.20. The monoisotopic (exact) mass is 433 g/mol. The molecule has 4 heterocycles. The summed E-state index contributed by atoms with van der Waals surface area (Å²) in [5.41, 5.74) is 4.42. The van der Waals surface area contributed by atoms with E-state index in [4.69, 9.17) is 14.8 Å². The van der Waals surface area contributed by atoms with Crippen LogP contribution in [0.2, 0.25) is 0 Å². The standard InChI is InChI=1S/C20H23N3O4S2/c1-12-15(6-7-17(24)27-3)13(2)21-20-18(12)19(16-5-4-9-28-16)22-23(20)14-8-10-29(25,26)11-14/h4-5,9,14H,6-8,10-11H2,1-3H3. The molecule has 0 spiro atoms. The van der Waals surface area contributed by atoms with Gasteiger partial charge in [0.25, 0.3) is 0 Å². The van der Waals surface area contributed by atoms with Gasteiger partial charge in [-0.05, 0) is 49.3 Å². The number of sulfone groups is 1. The number of pyridine rings is 1. The lowest BCUT2D eigenvalue weighted by Crippen LogP contribution is -2.13. The second-order valence-corrected chi connectivity index (χ2v) is 10.6. The summed E-state index contributed by atoms with van der Waals surface area (Å²) in [5, 5.41) is 7.77. The van der Waals surface area contributed by atoms with Gasteiger partial charge in [0.15, 0.2) is 15.5 Å². The Labute approximate surface area is 173 Å². The van der Waals surface area contributed by atoms with Crippen LogP contribution in [0.25, 0.3) is 21.6 Å². The third-order valence-electron chi connectivity index (χ3n) is 5.54. The van der Waals surface area contributed by atoms with Crippen LogP contribution < -0.4 is 0 Å². The van der Waals surface area contributed by atoms with Crippen molar-refractivity contribution in [2.45, 2.75) is 39.2 Å². The Bertz CT molecular complexity index is 1180. The minimum Gasteiger partial charge on any atom is -0.469 e. The molecule has 1 aliphatic heterocycles. The molecular formula is C20H23N3O4S2. The minimum absolute atomic E-state index is 0.0948. The van der Waals surface area contributed by atoms with Crippen LogP contribution in [0.3, 0.4) is 0 Å². The Morgan fingerprint density at radius 3 is 2.79 bits per heavy atom. The van der Waals surface area contributed by atoms with E-state index in [1.165, 1.54) is 7.11 Å². The number of nitrogens with zero attached hydrogens (tertiary/aromatic N) is 3. The first-order chi connectivity index (χ1) is 13.8. The van der Waals surface area contributed by atoms with Gasteiger partial charge in [-0.15, -0.1) is 11.3 Å². The highest BCUT2D eigenvalue weighted by atomic mass is 32.2. The van der Waals surface area contributed by atoms with Crippen LogP contribution in [0, 0.1) is 13.8 Å². The van der Waals surface area contributed by atoms with Crippen LogP contribution >= 0.6 is 11.3 Å². The van der Waals surface area contributed by atoms with Gasteiger partial charge < -0.3 is 4.74 Å². The smallest absolute Gasteiger partial charge is 0.305 e. The zero-order valence-corrected chi connectivity index (χ0v) is 18.3. The van der Waals surface area contributed by atoms with E-state index < -0.39 is 9.84 Å². The fourth-order valence-electron chi connectivity index (χ4n) is 4.03. The number of hydrogen-bond acceptors (Lipinski definition) is 7. The number of fused-ring (bicyclic) bond motifs is 1. The van der Waals surface area contributed by atoms with Crippen molar-refractivity contribution in [2.75, 3.05) is 18.6 Å². The largest absolute Gasteiger partial charge is 0.469 e. The summed E-state index contributed by atoms with van der Waals surface area (Å²) in [6.07, 6.45) is 1.38. The molecule has 154 valence electrons. The van der Waals surface area contributed by atoms with E-state index >= 15 is 0 Å².